The molecule has 142 valence electrons. The van der Waals surface area contributed by atoms with Gasteiger partial charge in [-0.2, -0.15) is 0 Å². The van der Waals surface area contributed by atoms with Crippen LogP contribution in [0, 0.1) is 5.41 Å². The zero-order valence-electron chi connectivity index (χ0n) is 15.5. The van der Waals surface area contributed by atoms with Crippen molar-refractivity contribution >= 4 is 23.6 Å². The molecule has 1 rings (SSSR count). The van der Waals surface area contributed by atoms with Crippen molar-refractivity contribution < 1.29 is 19.2 Å². The summed E-state index contributed by atoms with van der Waals surface area (Å²) in [5.74, 6) is -2.30. The van der Waals surface area contributed by atoms with E-state index in [1.807, 2.05) is 13.8 Å². The number of urea groups is 1. The fourth-order valence-electron chi connectivity index (χ4n) is 3.27. The van der Waals surface area contributed by atoms with Gasteiger partial charge in [-0.3, -0.25) is 14.4 Å². The molecule has 8 nitrogen and oxygen atoms in total. The van der Waals surface area contributed by atoms with Crippen molar-refractivity contribution in [2.24, 2.45) is 11.1 Å². The summed E-state index contributed by atoms with van der Waals surface area (Å²) in [7, 11) is 1.46. The normalized spacial score (nSPS) is 17.0. The van der Waals surface area contributed by atoms with Gasteiger partial charge in [0.25, 0.3) is 5.91 Å². The van der Waals surface area contributed by atoms with Crippen molar-refractivity contribution in [2.45, 2.75) is 70.9 Å². The van der Waals surface area contributed by atoms with Crippen molar-refractivity contribution in [3.05, 3.63) is 0 Å². The lowest BCUT2D eigenvalue weighted by Gasteiger charge is -2.41. The van der Waals surface area contributed by atoms with E-state index in [0.29, 0.717) is 19.3 Å². The first-order chi connectivity index (χ1) is 11.6. The predicted molar refractivity (Wildman–Crippen MR) is 93.6 cm³/mol. The number of hydrogen-bond donors (Lipinski definition) is 4. The Kier molecular flexibility index (Phi) is 6.96. The highest BCUT2D eigenvalue weighted by atomic mass is 16.2. The third-order valence-corrected chi connectivity index (χ3v) is 4.76. The average Bonchev–Trinajstić information content (AvgIpc) is 2.48. The summed E-state index contributed by atoms with van der Waals surface area (Å²) in [4.78, 5) is 47.8. The van der Waals surface area contributed by atoms with E-state index in [9.17, 15) is 19.2 Å². The first kappa shape index (κ1) is 20.9. The number of carbonyl (C=O) groups is 4. The smallest absolute Gasteiger partial charge is 0.315 e. The summed E-state index contributed by atoms with van der Waals surface area (Å²) in [5.41, 5.74) is 3.72. The maximum Gasteiger partial charge on any atom is 0.315 e. The minimum absolute atomic E-state index is 0.168. The summed E-state index contributed by atoms with van der Waals surface area (Å²) >= 11 is 0. The lowest BCUT2D eigenvalue weighted by atomic mass is 9.72. The average molecular weight is 354 g/mol. The van der Waals surface area contributed by atoms with E-state index in [1.165, 1.54) is 7.05 Å². The van der Waals surface area contributed by atoms with E-state index in [4.69, 9.17) is 5.73 Å². The highest BCUT2D eigenvalue weighted by molar-refractivity contribution is 6.39. The van der Waals surface area contributed by atoms with Gasteiger partial charge in [0.1, 0.15) is 11.6 Å². The quantitative estimate of drug-likeness (QED) is 0.451. The van der Waals surface area contributed by atoms with Gasteiger partial charge in [0.2, 0.25) is 11.7 Å². The van der Waals surface area contributed by atoms with Gasteiger partial charge in [-0.15, -0.1) is 0 Å². The standard InChI is InChI=1S/C17H30N4O4/c1-5-7-16(2,3)10-11(20-15(25)19-4)14(24)21-17(8-6-9-17)12(22)13(18)23/h11H,5-10H2,1-4H3,(H2,18,23)(H,21,24)(H2,19,20,25). The number of Topliss-reactive ketones (excluding diaryl/α,β-unsaturated/α-hetero) is 1. The van der Waals surface area contributed by atoms with Crippen LogP contribution in [-0.2, 0) is 14.4 Å². The van der Waals surface area contributed by atoms with Crippen LogP contribution < -0.4 is 21.7 Å². The van der Waals surface area contributed by atoms with Crippen LogP contribution >= 0.6 is 0 Å². The number of primary amides is 1. The van der Waals surface area contributed by atoms with Crippen molar-refractivity contribution in [1.82, 2.24) is 16.0 Å². The Hall–Kier alpha value is -2.12. The van der Waals surface area contributed by atoms with E-state index >= 15 is 0 Å². The molecule has 1 fully saturated rings. The molecule has 4 amide bonds. The Morgan fingerprint density at radius 1 is 1.20 bits per heavy atom. The second-order valence-corrected chi connectivity index (χ2v) is 7.51. The molecule has 1 atom stereocenters. The molecule has 1 aliphatic carbocycles. The Balaban J connectivity index is 2.93. The van der Waals surface area contributed by atoms with Gasteiger partial charge in [-0.05, 0) is 37.5 Å². The molecule has 0 aromatic heterocycles. The molecule has 0 saturated heterocycles. The number of ketones is 1. The third-order valence-electron chi connectivity index (χ3n) is 4.76. The van der Waals surface area contributed by atoms with Crippen molar-refractivity contribution in [1.29, 1.82) is 0 Å². The fourth-order valence-corrected chi connectivity index (χ4v) is 3.27. The van der Waals surface area contributed by atoms with Crippen LogP contribution in [0.5, 0.6) is 0 Å². The second kappa shape index (κ2) is 8.31. The Morgan fingerprint density at radius 2 is 1.80 bits per heavy atom. The molecule has 1 saturated carbocycles. The number of nitrogens with two attached hydrogens (primary N) is 1. The van der Waals surface area contributed by atoms with Crippen molar-refractivity contribution in [3.63, 3.8) is 0 Å². The van der Waals surface area contributed by atoms with Gasteiger partial charge in [0.05, 0.1) is 0 Å². The van der Waals surface area contributed by atoms with Gasteiger partial charge >= 0.3 is 6.03 Å². The van der Waals surface area contributed by atoms with E-state index in [0.717, 1.165) is 19.3 Å². The van der Waals surface area contributed by atoms with Crippen LogP contribution in [0.2, 0.25) is 0 Å². The number of nitrogens with one attached hydrogen (secondary N) is 3. The summed E-state index contributed by atoms with van der Waals surface area (Å²) < 4.78 is 0. The molecular weight excluding hydrogens is 324 g/mol. The van der Waals surface area contributed by atoms with Crippen LogP contribution in [0.25, 0.3) is 0 Å². The lowest BCUT2D eigenvalue weighted by Crippen LogP contribution is -2.65. The molecule has 0 spiro atoms. The van der Waals surface area contributed by atoms with E-state index in [2.05, 4.69) is 22.9 Å². The van der Waals surface area contributed by atoms with Crippen LogP contribution in [0.1, 0.15) is 59.3 Å². The lowest BCUT2D eigenvalue weighted by molar-refractivity contribution is -0.144. The summed E-state index contributed by atoms with van der Waals surface area (Å²) in [6.07, 6.45) is 3.75. The molecule has 1 unspecified atom stereocenters. The van der Waals surface area contributed by atoms with Crippen LogP contribution in [0.3, 0.4) is 0 Å². The zero-order valence-corrected chi connectivity index (χ0v) is 15.5. The molecule has 5 N–H and O–H groups in total. The molecule has 0 radical (unpaired) electrons. The topological polar surface area (TPSA) is 130 Å². The number of amides is 4. The Morgan fingerprint density at radius 3 is 2.20 bits per heavy atom. The van der Waals surface area contributed by atoms with Gasteiger partial charge in [-0.1, -0.05) is 27.2 Å². The molecule has 0 heterocycles. The minimum Gasteiger partial charge on any atom is -0.363 e. The van der Waals surface area contributed by atoms with E-state index < -0.39 is 35.2 Å². The molecule has 0 aromatic carbocycles. The summed E-state index contributed by atoms with van der Waals surface area (Å²) in [5, 5.41) is 7.73. The van der Waals surface area contributed by atoms with Gasteiger partial charge in [0.15, 0.2) is 0 Å². The summed E-state index contributed by atoms with van der Waals surface area (Å²) in [6.45, 7) is 6.10. The number of hydrogen-bond acceptors (Lipinski definition) is 4. The number of carbonyl (C=O) groups excluding carboxylic acids is 4. The second-order valence-electron chi connectivity index (χ2n) is 7.51. The molecule has 0 aromatic rings. The zero-order chi connectivity index (χ0) is 19.3. The van der Waals surface area contributed by atoms with Gasteiger partial charge in [0, 0.05) is 7.05 Å². The minimum atomic E-state index is -1.22. The Bertz CT molecular complexity index is 541. The first-order valence-corrected chi connectivity index (χ1v) is 8.71. The highest BCUT2D eigenvalue weighted by Crippen LogP contribution is 2.34. The summed E-state index contributed by atoms with van der Waals surface area (Å²) in [6, 6.07) is -1.28. The van der Waals surface area contributed by atoms with Crippen LogP contribution in [-0.4, -0.2) is 42.3 Å². The largest absolute Gasteiger partial charge is 0.363 e. The Labute approximate surface area is 148 Å². The SMILES string of the molecule is CCCC(C)(C)CC(NC(=O)NC)C(=O)NC1(C(=O)C(N)=O)CCC1. The van der Waals surface area contributed by atoms with Gasteiger partial charge < -0.3 is 21.7 Å². The highest BCUT2D eigenvalue weighted by Gasteiger charge is 2.48. The molecule has 25 heavy (non-hydrogen) atoms. The maximum absolute atomic E-state index is 12.8. The third kappa shape index (κ3) is 5.44. The van der Waals surface area contributed by atoms with E-state index in [-0.39, 0.29) is 5.41 Å². The fraction of sp³-hybridized carbons (Fsp3) is 0.765. The number of rotatable bonds is 9. The van der Waals surface area contributed by atoms with Crippen LogP contribution in [0.4, 0.5) is 4.79 Å². The molecule has 1 aliphatic rings. The van der Waals surface area contributed by atoms with Gasteiger partial charge in [-0.25, -0.2) is 4.79 Å². The predicted octanol–water partition coefficient (Wildman–Crippen LogP) is 0.594. The van der Waals surface area contributed by atoms with Crippen LogP contribution in [0.15, 0.2) is 0 Å². The molecule has 8 heteroatoms. The molecule has 0 aliphatic heterocycles. The van der Waals surface area contributed by atoms with Crippen molar-refractivity contribution in [3.8, 4) is 0 Å². The van der Waals surface area contributed by atoms with E-state index in [1.54, 1.807) is 0 Å². The maximum atomic E-state index is 12.8. The first-order valence-electron chi connectivity index (χ1n) is 8.71. The van der Waals surface area contributed by atoms with Crippen molar-refractivity contribution in [2.75, 3.05) is 7.05 Å². The molecular formula is C17H30N4O4. The monoisotopic (exact) mass is 354 g/mol. The molecule has 0 bridgehead atoms.